The first-order valence-electron chi connectivity index (χ1n) is 8.41. The fourth-order valence-electron chi connectivity index (χ4n) is 2.64. The molecule has 0 heterocycles. The molecule has 0 aromatic heterocycles. The molecule has 116 valence electrons. The van der Waals surface area contributed by atoms with Gasteiger partial charge in [0.15, 0.2) is 0 Å². The van der Waals surface area contributed by atoms with Gasteiger partial charge in [0.25, 0.3) is 0 Å². The Morgan fingerprint density at radius 1 is 1.10 bits per heavy atom. The summed E-state index contributed by atoms with van der Waals surface area (Å²) in [7, 11) is 0. The number of ether oxygens (including phenoxy) is 1. The standard InChI is InChI=1S/C17H31NO2/c1-2-3-4-5-6-10-14-20-15-13-17(19)18-16-11-8-7-9-12-16/h13,15-16H,2-12,14H2,1H3,(H,18,19). The summed E-state index contributed by atoms with van der Waals surface area (Å²) in [5.41, 5.74) is 0. The second kappa shape index (κ2) is 11.8. The summed E-state index contributed by atoms with van der Waals surface area (Å²) in [6.45, 7) is 2.95. The topological polar surface area (TPSA) is 38.3 Å². The van der Waals surface area contributed by atoms with Gasteiger partial charge in [-0.25, -0.2) is 0 Å². The number of amides is 1. The molecule has 1 fully saturated rings. The molecule has 0 aromatic rings. The van der Waals surface area contributed by atoms with Crippen LogP contribution in [0.4, 0.5) is 0 Å². The van der Waals surface area contributed by atoms with Crippen LogP contribution in [0.1, 0.15) is 77.6 Å². The molecule has 1 aliphatic carbocycles. The Kier molecular flexibility index (Phi) is 10.1. The minimum Gasteiger partial charge on any atom is -0.501 e. The van der Waals surface area contributed by atoms with Crippen LogP contribution in [0.5, 0.6) is 0 Å². The second-order valence-corrected chi connectivity index (χ2v) is 5.78. The van der Waals surface area contributed by atoms with Crippen molar-refractivity contribution in [2.24, 2.45) is 0 Å². The Labute approximate surface area is 124 Å². The van der Waals surface area contributed by atoms with Crippen molar-refractivity contribution in [1.29, 1.82) is 0 Å². The number of hydrogen-bond acceptors (Lipinski definition) is 2. The van der Waals surface area contributed by atoms with Crippen LogP contribution >= 0.6 is 0 Å². The van der Waals surface area contributed by atoms with Crippen molar-refractivity contribution in [2.45, 2.75) is 83.6 Å². The highest BCUT2D eigenvalue weighted by Gasteiger charge is 2.13. The SMILES string of the molecule is CCCCCCCCOC=CC(=O)NC1CCCCC1. The molecule has 0 aliphatic heterocycles. The first-order valence-corrected chi connectivity index (χ1v) is 8.41. The third-order valence-electron chi connectivity index (χ3n) is 3.88. The van der Waals surface area contributed by atoms with Crippen LogP contribution in [0.2, 0.25) is 0 Å². The zero-order valence-electron chi connectivity index (χ0n) is 13.0. The molecule has 0 radical (unpaired) electrons. The lowest BCUT2D eigenvalue weighted by molar-refractivity contribution is -0.117. The van der Waals surface area contributed by atoms with Gasteiger partial charge in [0.05, 0.1) is 12.9 Å². The highest BCUT2D eigenvalue weighted by atomic mass is 16.5. The van der Waals surface area contributed by atoms with Gasteiger partial charge in [0, 0.05) is 12.1 Å². The molecule has 1 saturated carbocycles. The van der Waals surface area contributed by atoms with Crippen LogP contribution in [-0.2, 0) is 9.53 Å². The summed E-state index contributed by atoms with van der Waals surface area (Å²) >= 11 is 0. The maximum Gasteiger partial charge on any atom is 0.247 e. The lowest BCUT2D eigenvalue weighted by Crippen LogP contribution is -2.35. The fraction of sp³-hybridized carbons (Fsp3) is 0.824. The van der Waals surface area contributed by atoms with Gasteiger partial charge < -0.3 is 10.1 Å². The third-order valence-corrected chi connectivity index (χ3v) is 3.88. The first-order chi connectivity index (χ1) is 9.83. The van der Waals surface area contributed by atoms with E-state index in [0.717, 1.165) is 25.9 Å². The lowest BCUT2D eigenvalue weighted by atomic mass is 9.95. The average Bonchev–Trinajstić information content (AvgIpc) is 2.46. The fourth-order valence-corrected chi connectivity index (χ4v) is 2.64. The molecule has 1 rings (SSSR count). The van der Waals surface area contributed by atoms with E-state index >= 15 is 0 Å². The summed E-state index contributed by atoms with van der Waals surface area (Å²) in [6.07, 6.45) is 16.7. The molecule has 3 heteroatoms. The highest BCUT2D eigenvalue weighted by molar-refractivity contribution is 5.87. The molecule has 1 N–H and O–H groups in total. The molecule has 1 amide bonds. The van der Waals surface area contributed by atoms with Crippen molar-refractivity contribution in [3.63, 3.8) is 0 Å². The van der Waals surface area contributed by atoms with Gasteiger partial charge in [-0.2, -0.15) is 0 Å². The van der Waals surface area contributed by atoms with Crippen LogP contribution in [0.3, 0.4) is 0 Å². The molecule has 20 heavy (non-hydrogen) atoms. The number of unbranched alkanes of at least 4 members (excludes halogenated alkanes) is 5. The summed E-state index contributed by atoms with van der Waals surface area (Å²) in [6, 6.07) is 0.375. The van der Waals surface area contributed by atoms with Crippen LogP contribution in [-0.4, -0.2) is 18.6 Å². The van der Waals surface area contributed by atoms with E-state index in [-0.39, 0.29) is 5.91 Å². The van der Waals surface area contributed by atoms with E-state index in [1.807, 2.05) is 0 Å². The van der Waals surface area contributed by atoms with Gasteiger partial charge in [-0.1, -0.05) is 58.3 Å². The first kappa shape index (κ1) is 17.1. The Balaban J connectivity index is 1.93. The van der Waals surface area contributed by atoms with Gasteiger partial charge in [0.2, 0.25) is 5.91 Å². The molecule has 1 aliphatic rings. The van der Waals surface area contributed by atoms with Crippen molar-refractivity contribution < 1.29 is 9.53 Å². The van der Waals surface area contributed by atoms with Gasteiger partial charge >= 0.3 is 0 Å². The Hall–Kier alpha value is -0.990. The normalized spacial score (nSPS) is 16.4. The van der Waals surface area contributed by atoms with E-state index in [2.05, 4.69) is 12.2 Å². The predicted octanol–water partition coefficient (Wildman–Crippen LogP) is 4.33. The van der Waals surface area contributed by atoms with Crippen molar-refractivity contribution in [3.05, 3.63) is 12.3 Å². The Morgan fingerprint density at radius 2 is 1.80 bits per heavy atom. The van der Waals surface area contributed by atoms with Gasteiger partial charge in [0.1, 0.15) is 0 Å². The number of carbonyl (C=O) groups is 1. The zero-order chi connectivity index (χ0) is 14.5. The quantitative estimate of drug-likeness (QED) is 0.368. The summed E-state index contributed by atoms with van der Waals surface area (Å²) in [5, 5.41) is 3.04. The van der Waals surface area contributed by atoms with E-state index in [4.69, 9.17) is 4.74 Å². The largest absolute Gasteiger partial charge is 0.501 e. The highest BCUT2D eigenvalue weighted by Crippen LogP contribution is 2.17. The number of nitrogens with one attached hydrogen (secondary N) is 1. The number of hydrogen-bond donors (Lipinski definition) is 1. The maximum absolute atomic E-state index is 11.6. The van der Waals surface area contributed by atoms with E-state index in [0.29, 0.717) is 6.04 Å². The molecule has 3 nitrogen and oxygen atoms in total. The number of rotatable bonds is 10. The molecular formula is C17H31NO2. The van der Waals surface area contributed by atoms with E-state index < -0.39 is 0 Å². The molecule has 0 atom stereocenters. The van der Waals surface area contributed by atoms with Crippen LogP contribution < -0.4 is 5.32 Å². The van der Waals surface area contributed by atoms with Gasteiger partial charge in [-0.15, -0.1) is 0 Å². The molecule has 0 saturated heterocycles. The summed E-state index contributed by atoms with van der Waals surface area (Å²) in [5.74, 6) is -0.0140. The minimum absolute atomic E-state index is 0.0140. The van der Waals surface area contributed by atoms with E-state index in [9.17, 15) is 4.79 Å². The van der Waals surface area contributed by atoms with Gasteiger partial charge in [-0.05, 0) is 19.3 Å². The van der Waals surface area contributed by atoms with E-state index in [1.165, 1.54) is 57.4 Å². The molecular weight excluding hydrogens is 250 g/mol. The minimum atomic E-state index is -0.0140. The summed E-state index contributed by atoms with van der Waals surface area (Å²) in [4.78, 5) is 11.6. The predicted molar refractivity (Wildman–Crippen MR) is 83.5 cm³/mol. The third kappa shape index (κ3) is 9.00. The van der Waals surface area contributed by atoms with Crippen LogP contribution in [0.15, 0.2) is 12.3 Å². The monoisotopic (exact) mass is 281 g/mol. The van der Waals surface area contributed by atoms with Crippen molar-refractivity contribution in [1.82, 2.24) is 5.32 Å². The smallest absolute Gasteiger partial charge is 0.247 e. The van der Waals surface area contributed by atoms with Crippen LogP contribution in [0.25, 0.3) is 0 Å². The summed E-state index contributed by atoms with van der Waals surface area (Å²) < 4.78 is 5.36. The van der Waals surface area contributed by atoms with Crippen LogP contribution in [0, 0.1) is 0 Å². The molecule has 0 bridgehead atoms. The maximum atomic E-state index is 11.6. The van der Waals surface area contributed by atoms with Crippen molar-refractivity contribution in [3.8, 4) is 0 Å². The van der Waals surface area contributed by atoms with Gasteiger partial charge in [-0.3, -0.25) is 4.79 Å². The van der Waals surface area contributed by atoms with Crippen molar-refractivity contribution >= 4 is 5.91 Å². The lowest BCUT2D eigenvalue weighted by Gasteiger charge is -2.21. The Morgan fingerprint density at radius 3 is 2.55 bits per heavy atom. The average molecular weight is 281 g/mol. The number of carbonyl (C=O) groups excluding carboxylic acids is 1. The molecule has 0 spiro atoms. The van der Waals surface area contributed by atoms with E-state index in [1.54, 1.807) is 6.26 Å². The van der Waals surface area contributed by atoms with Crippen molar-refractivity contribution in [2.75, 3.05) is 6.61 Å². The zero-order valence-corrected chi connectivity index (χ0v) is 13.0. The second-order valence-electron chi connectivity index (χ2n) is 5.78. The molecule has 0 aromatic carbocycles. The molecule has 0 unspecified atom stereocenters. The Bertz CT molecular complexity index is 270.